The number of carbonyl (C=O) groups is 1. The first-order chi connectivity index (χ1) is 6.36. The number of hydrogen-bond acceptors (Lipinski definition) is 2. The van der Waals surface area contributed by atoms with Crippen LogP contribution in [-0.4, -0.2) is 36.5 Å². The first-order valence-corrected chi connectivity index (χ1v) is 5.03. The molecule has 1 aliphatic carbocycles. The minimum absolute atomic E-state index is 0.305. The highest BCUT2D eigenvalue weighted by Gasteiger charge is 2.51. The lowest BCUT2D eigenvalue weighted by molar-refractivity contribution is -0.138. The number of fused-ring (bicyclic) bond motifs is 1. The number of carbonyl (C=O) groups excluding carboxylic acids is 1. The SMILES string of the molecule is O=C(C1C2CNC1C2)N1CC=CC1. The number of nitrogens with one attached hydrogen (secondary N) is 1. The molecule has 3 unspecified atom stereocenters. The van der Waals surface area contributed by atoms with Crippen LogP contribution in [0.15, 0.2) is 12.2 Å². The molecule has 2 saturated heterocycles. The molecule has 70 valence electrons. The Morgan fingerprint density at radius 3 is 2.69 bits per heavy atom. The van der Waals surface area contributed by atoms with E-state index >= 15 is 0 Å². The molecule has 2 bridgehead atoms. The predicted molar refractivity (Wildman–Crippen MR) is 49.1 cm³/mol. The van der Waals surface area contributed by atoms with E-state index in [1.54, 1.807) is 0 Å². The van der Waals surface area contributed by atoms with Crippen LogP contribution in [-0.2, 0) is 4.79 Å². The summed E-state index contributed by atoms with van der Waals surface area (Å²) in [6.45, 7) is 2.71. The van der Waals surface area contributed by atoms with E-state index in [9.17, 15) is 4.79 Å². The van der Waals surface area contributed by atoms with E-state index in [2.05, 4.69) is 17.5 Å². The Labute approximate surface area is 77.8 Å². The Morgan fingerprint density at radius 2 is 2.15 bits per heavy atom. The summed E-state index contributed by atoms with van der Waals surface area (Å²) in [5.74, 6) is 1.31. The maximum atomic E-state index is 11.9. The molecular formula is C10H14N2O. The highest BCUT2D eigenvalue weighted by Crippen LogP contribution is 2.41. The van der Waals surface area contributed by atoms with Gasteiger partial charge in [0.25, 0.3) is 0 Å². The van der Waals surface area contributed by atoms with Crippen LogP contribution in [0.2, 0.25) is 0 Å². The fourth-order valence-corrected chi connectivity index (χ4v) is 2.72. The van der Waals surface area contributed by atoms with E-state index < -0.39 is 0 Å². The highest BCUT2D eigenvalue weighted by molar-refractivity contribution is 5.82. The minimum atomic E-state index is 0.305. The molecule has 1 N–H and O–H groups in total. The van der Waals surface area contributed by atoms with Crippen molar-refractivity contribution in [1.82, 2.24) is 10.2 Å². The minimum Gasteiger partial charge on any atom is -0.335 e. The molecule has 0 aromatic carbocycles. The Kier molecular flexibility index (Phi) is 1.50. The summed E-state index contributed by atoms with van der Waals surface area (Å²) in [5.41, 5.74) is 0. The van der Waals surface area contributed by atoms with Gasteiger partial charge < -0.3 is 10.2 Å². The number of rotatable bonds is 1. The summed E-state index contributed by atoms with van der Waals surface area (Å²) in [7, 11) is 0. The van der Waals surface area contributed by atoms with Gasteiger partial charge in [0.15, 0.2) is 0 Å². The summed E-state index contributed by atoms with van der Waals surface area (Å²) >= 11 is 0. The lowest BCUT2D eigenvalue weighted by atomic mass is 9.73. The van der Waals surface area contributed by atoms with Gasteiger partial charge in [0, 0.05) is 19.1 Å². The zero-order valence-corrected chi connectivity index (χ0v) is 7.57. The molecule has 3 aliphatic heterocycles. The van der Waals surface area contributed by atoms with Crippen LogP contribution in [0.1, 0.15) is 6.42 Å². The van der Waals surface area contributed by atoms with E-state index in [-0.39, 0.29) is 0 Å². The average Bonchev–Trinajstić information content (AvgIpc) is 2.82. The van der Waals surface area contributed by atoms with Gasteiger partial charge in [0.2, 0.25) is 5.91 Å². The van der Waals surface area contributed by atoms with Crippen LogP contribution in [0.5, 0.6) is 0 Å². The van der Waals surface area contributed by atoms with Gasteiger partial charge in [-0.05, 0) is 18.9 Å². The quantitative estimate of drug-likeness (QED) is 0.573. The molecule has 4 rings (SSSR count). The van der Waals surface area contributed by atoms with E-state index in [1.165, 1.54) is 6.42 Å². The van der Waals surface area contributed by atoms with E-state index in [0.29, 0.717) is 23.8 Å². The second kappa shape index (κ2) is 2.58. The van der Waals surface area contributed by atoms with Crippen molar-refractivity contribution in [3.05, 3.63) is 12.2 Å². The van der Waals surface area contributed by atoms with Crippen molar-refractivity contribution in [2.75, 3.05) is 19.6 Å². The van der Waals surface area contributed by atoms with Crippen LogP contribution >= 0.6 is 0 Å². The molecule has 1 amide bonds. The van der Waals surface area contributed by atoms with E-state index in [0.717, 1.165) is 19.6 Å². The normalized spacial score (nSPS) is 40.9. The highest BCUT2D eigenvalue weighted by atomic mass is 16.2. The monoisotopic (exact) mass is 178 g/mol. The van der Waals surface area contributed by atoms with Crippen molar-refractivity contribution in [2.45, 2.75) is 12.5 Å². The van der Waals surface area contributed by atoms with Crippen LogP contribution in [0, 0.1) is 11.8 Å². The fourth-order valence-electron chi connectivity index (χ4n) is 2.72. The van der Waals surface area contributed by atoms with E-state index in [1.807, 2.05) is 4.90 Å². The predicted octanol–water partition coefficient (Wildman–Crippen LogP) is -0.00730. The van der Waals surface area contributed by atoms with Gasteiger partial charge in [-0.25, -0.2) is 0 Å². The van der Waals surface area contributed by atoms with Crippen molar-refractivity contribution in [3.63, 3.8) is 0 Å². The maximum absolute atomic E-state index is 11.9. The van der Waals surface area contributed by atoms with Gasteiger partial charge in [-0.2, -0.15) is 0 Å². The smallest absolute Gasteiger partial charge is 0.228 e. The Morgan fingerprint density at radius 1 is 1.38 bits per heavy atom. The standard InChI is InChI=1S/C10H14N2O/c13-10(12-3-1-2-4-12)9-7-5-8(9)11-6-7/h1-2,7-9,11H,3-6H2. The number of hydrogen-bond donors (Lipinski definition) is 1. The first kappa shape index (κ1) is 7.56. The summed E-state index contributed by atoms with van der Waals surface area (Å²) in [6, 6.07) is 0.498. The molecule has 13 heavy (non-hydrogen) atoms. The molecule has 3 heteroatoms. The van der Waals surface area contributed by atoms with Gasteiger partial charge in [-0.15, -0.1) is 0 Å². The van der Waals surface area contributed by atoms with Gasteiger partial charge >= 0.3 is 0 Å². The fraction of sp³-hybridized carbons (Fsp3) is 0.700. The molecular weight excluding hydrogens is 164 g/mol. The Balaban J connectivity index is 1.69. The van der Waals surface area contributed by atoms with Gasteiger partial charge in [0.1, 0.15) is 0 Å². The zero-order valence-electron chi connectivity index (χ0n) is 7.57. The molecule has 3 fully saturated rings. The number of amides is 1. The van der Waals surface area contributed by atoms with Crippen molar-refractivity contribution in [3.8, 4) is 0 Å². The molecule has 0 aromatic heterocycles. The van der Waals surface area contributed by atoms with Crippen molar-refractivity contribution in [1.29, 1.82) is 0 Å². The molecule has 0 aromatic rings. The largest absolute Gasteiger partial charge is 0.335 e. The molecule has 0 spiro atoms. The summed E-state index contributed by atoms with van der Waals surface area (Å²) < 4.78 is 0. The van der Waals surface area contributed by atoms with Crippen LogP contribution < -0.4 is 5.32 Å². The molecule has 1 saturated carbocycles. The van der Waals surface area contributed by atoms with Crippen molar-refractivity contribution in [2.24, 2.45) is 11.8 Å². The zero-order chi connectivity index (χ0) is 8.84. The first-order valence-electron chi connectivity index (χ1n) is 5.03. The molecule has 3 atom stereocenters. The second-order valence-electron chi connectivity index (χ2n) is 4.25. The lowest BCUT2D eigenvalue weighted by Crippen LogP contribution is -2.48. The van der Waals surface area contributed by atoms with Crippen LogP contribution in [0.25, 0.3) is 0 Å². The topological polar surface area (TPSA) is 32.3 Å². The molecule has 0 radical (unpaired) electrons. The average molecular weight is 178 g/mol. The van der Waals surface area contributed by atoms with Crippen molar-refractivity contribution >= 4 is 5.91 Å². The van der Waals surface area contributed by atoms with Crippen LogP contribution in [0.3, 0.4) is 0 Å². The third-order valence-electron chi connectivity index (χ3n) is 3.56. The summed E-state index contributed by atoms with van der Waals surface area (Å²) in [5, 5.41) is 3.38. The third kappa shape index (κ3) is 0.967. The summed E-state index contributed by atoms with van der Waals surface area (Å²) in [6.07, 6.45) is 5.37. The Bertz CT molecular complexity index is 252. The Hall–Kier alpha value is -0.830. The van der Waals surface area contributed by atoms with E-state index in [4.69, 9.17) is 0 Å². The molecule has 4 aliphatic rings. The second-order valence-corrected chi connectivity index (χ2v) is 4.25. The van der Waals surface area contributed by atoms with Gasteiger partial charge in [-0.1, -0.05) is 12.2 Å². The van der Waals surface area contributed by atoms with Gasteiger partial charge in [0.05, 0.1) is 5.92 Å². The lowest BCUT2D eigenvalue weighted by Gasteiger charge is -2.35. The molecule has 3 nitrogen and oxygen atoms in total. The maximum Gasteiger partial charge on any atom is 0.228 e. The third-order valence-corrected chi connectivity index (χ3v) is 3.56. The molecule has 3 heterocycles. The van der Waals surface area contributed by atoms with Gasteiger partial charge in [-0.3, -0.25) is 4.79 Å². The number of nitrogens with zero attached hydrogens (tertiary/aromatic N) is 1. The summed E-state index contributed by atoms with van der Waals surface area (Å²) in [4.78, 5) is 13.9. The van der Waals surface area contributed by atoms with Crippen molar-refractivity contribution < 1.29 is 4.79 Å². The van der Waals surface area contributed by atoms with Crippen LogP contribution in [0.4, 0.5) is 0 Å².